The van der Waals surface area contributed by atoms with Crippen LogP contribution in [0.5, 0.6) is 0 Å². The predicted molar refractivity (Wildman–Crippen MR) is 59.9 cm³/mol. The van der Waals surface area contributed by atoms with E-state index in [0.717, 1.165) is 0 Å². The average molecular weight is 231 g/mol. The first-order chi connectivity index (χ1) is 7.14. The molecule has 1 atom stereocenters. The maximum atomic E-state index is 11.5. The molecular weight excluding hydrogens is 210 g/mol. The summed E-state index contributed by atoms with van der Waals surface area (Å²) in [5, 5.41) is 8.62. The highest BCUT2D eigenvalue weighted by atomic mass is 16.6. The topological polar surface area (TPSA) is 89.6 Å². The second-order valence-corrected chi connectivity index (χ2v) is 4.99. The number of ether oxygens (including phenoxy) is 1. The molecule has 5 nitrogen and oxygen atoms in total. The Bertz CT molecular complexity index is 261. The van der Waals surface area contributed by atoms with E-state index >= 15 is 0 Å². The molecule has 94 valence electrons. The summed E-state index contributed by atoms with van der Waals surface area (Å²) in [5.41, 5.74) is 4.62. The lowest BCUT2D eigenvalue weighted by Crippen LogP contribution is -2.40. The molecule has 0 rings (SSSR count). The average Bonchev–Trinajstić information content (AvgIpc) is 1.98. The number of rotatable bonds is 6. The van der Waals surface area contributed by atoms with Crippen LogP contribution in [0.25, 0.3) is 0 Å². The summed E-state index contributed by atoms with van der Waals surface area (Å²) in [6.07, 6.45) is 0.301. The van der Waals surface area contributed by atoms with Crippen molar-refractivity contribution in [3.8, 4) is 0 Å². The van der Waals surface area contributed by atoms with Gasteiger partial charge in [-0.05, 0) is 26.2 Å². The Hall–Kier alpha value is -1.10. The maximum absolute atomic E-state index is 11.5. The summed E-state index contributed by atoms with van der Waals surface area (Å²) in [6.45, 7) is 7.02. The van der Waals surface area contributed by atoms with Crippen molar-refractivity contribution in [2.75, 3.05) is 0 Å². The van der Waals surface area contributed by atoms with Crippen molar-refractivity contribution in [2.45, 2.75) is 52.2 Å². The molecule has 0 radical (unpaired) electrons. The van der Waals surface area contributed by atoms with Gasteiger partial charge in [0.25, 0.3) is 0 Å². The quantitative estimate of drug-likeness (QED) is 0.669. The summed E-state index contributed by atoms with van der Waals surface area (Å²) < 4.78 is 5.07. The Labute approximate surface area is 96.0 Å². The first kappa shape index (κ1) is 14.9. The van der Waals surface area contributed by atoms with Gasteiger partial charge in [-0.3, -0.25) is 9.59 Å². The lowest BCUT2D eigenvalue weighted by atomic mass is 10.0. The van der Waals surface area contributed by atoms with Crippen LogP contribution in [0.2, 0.25) is 0 Å². The van der Waals surface area contributed by atoms with Gasteiger partial charge < -0.3 is 15.6 Å². The number of esters is 1. The van der Waals surface area contributed by atoms with E-state index in [1.807, 2.05) is 13.8 Å². The first-order valence-electron chi connectivity index (χ1n) is 5.34. The van der Waals surface area contributed by atoms with Crippen LogP contribution in [0.1, 0.15) is 40.5 Å². The zero-order chi connectivity index (χ0) is 12.9. The van der Waals surface area contributed by atoms with Gasteiger partial charge in [-0.1, -0.05) is 13.8 Å². The molecule has 0 amide bonds. The summed E-state index contributed by atoms with van der Waals surface area (Å²) in [4.78, 5) is 22.1. The Morgan fingerprint density at radius 2 is 1.88 bits per heavy atom. The fourth-order valence-electron chi connectivity index (χ4n) is 1.35. The molecule has 0 aliphatic heterocycles. The van der Waals surface area contributed by atoms with Gasteiger partial charge in [-0.15, -0.1) is 0 Å². The molecule has 0 spiro atoms. The maximum Gasteiger partial charge on any atom is 0.323 e. The van der Waals surface area contributed by atoms with Gasteiger partial charge in [0.2, 0.25) is 0 Å². The highest BCUT2D eigenvalue weighted by Gasteiger charge is 2.28. The standard InChI is InChI=1S/C11H21NO4/c1-7(2)5-8(12)10(15)16-11(3,4)6-9(13)14/h7-8H,5-6,12H2,1-4H3,(H,13,14)/t8-/m0/s1. The number of aliphatic carboxylic acids is 1. The molecule has 0 fully saturated rings. The van der Waals surface area contributed by atoms with E-state index in [0.29, 0.717) is 12.3 Å². The van der Waals surface area contributed by atoms with E-state index < -0.39 is 23.6 Å². The van der Waals surface area contributed by atoms with Crippen molar-refractivity contribution in [1.29, 1.82) is 0 Å². The molecule has 0 heterocycles. The van der Waals surface area contributed by atoms with Crippen LogP contribution in [-0.2, 0) is 14.3 Å². The van der Waals surface area contributed by atoms with Gasteiger partial charge in [0.15, 0.2) is 0 Å². The molecule has 0 aromatic heterocycles. The lowest BCUT2D eigenvalue weighted by Gasteiger charge is -2.25. The minimum Gasteiger partial charge on any atom is -0.481 e. The predicted octanol–water partition coefficient (Wildman–Crippen LogP) is 1.16. The molecule has 0 unspecified atom stereocenters. The van der Waals surface area contributed by atoms with Crippen LogP contribution in [0.15, 0.2) is 0 Å². The molecule has 0 aliphatic rings. The number of hydrogen-bond donors (Lipinski definition) is 2. The molecule has 3 N–H and O–H groups in total. The Morgan fingerprint density at radius 1 is 1.38 bits per heavy atom. The minimum atomic E-state index is -1.02. The van der Waals surface area contributed by atoms with E-state index in [4.69, 9.17) is 15.6 Å². The van der Waals surface area contributed by atoms with Crippen LogP contribution >= 0.6 is 0 Å². The van der Waals surface area contributed by atoms with Gasteiger partial charge in [0.1, 0.15) is 11.6 Å². The van der Waals surface area contributed by atoms with Crippen LogP contribution in [0, 0.1) is 5.92 Å². The van der Waals surface area contributed by atoms with Gasteiger partial charge in [0.05, 0.1) is 6.42 Å². The minimum absolute atomic E-state index is 0.229. The summed E-state index contributed by atoms with van der Waals surface area (Å²) >= 11 is 0. The van der Waals surface area contributed by atoms with Crippen molar-refractivity contribution in [3.05, 3.63) is 0 Å². The third-order valence-electron chi connectivity index (χ3n) is 1.98. The highest BCUT2D eigenvalue weighted by Crippen LogP contribution is 2.16. The van der Waals surface area contributed by atoms with Crippen LogP contribution < -0.4 is 5.73 Å². The second kappa shape index (κ2) is 5.84. The highest BCUT2D eigenvalue weighted by molar-refractivity contribution is 5.76. The van der Waals surface area contributed by atoms with Gasteiger partial charge >= 0.3 is 11.9 Å². The second-order valence-electron chi connectivity index (χ2n) is 4.99. The molecule has 16 heavy (non-hydrogen) atoms. The van der Waals surface area contributed by atoms with Crippen molar-refractivity contribution in [3.63, 3.8) is 0 Å². The third kappa shape index (κ3) is 6.40. The molecule has 0 aromatic carbocycles. The van der Waals surface area contributed by atoms with Crippen LogP contribution in [0.4, 0.5) is 0 Å². The van der Waals surface area contributed by atoms with Crippen molar-refractivity contribution < 1.29 is 19.4 Å². The zero-order valence-electron chi connectivity index (χ0n) is 10.3. The molecular formula is C11H21NO4. The molecule has 0 saturated heterocycles. The van der Waals surface area contributed by atoms with Gasteiger partial charge in [0, 0.05) is 0 Å². The summed E-state index contributed by atoms with van der Waals surface area (Å²) in [5.74, 6) is -1.25. The van der Waals surface area contributed by atoms with Gasteiger partial charge in [-0.25, -0.2) is 0 Å². The third-order valence-corrected chi connectivity index (χ3v) is 1.98. The summed E-state index contributed by atoms with van der Waals surface area (Å²) in [6, 6.07) is -0.687. The van der Waals surface area contributed by atoms with Crippen molar-refractivity contribution in [2.24, 2.45) is 11.7 Å². The van der Waals surface area contributed by atoms with E-state index in [2.05, 4.69) is 0 Å². The Morgan fingerprint density at radius 3 is 2.25 bits per heavy atom. The van der Waals surface area contributed by atoms with E-state index in [1.165, 1.54) is 0 Å². The zero-order valence-corrected chi connectivity index (χ0v) is 10.3. The molecule has 0 bridgehead atoms. The Balaban J connectivity index is 4.26. The number of nitrogens with two attached hydrogens (primary N) is 1. The van der Waals surface area contributed by atoms with Crippen LogP contribution in [0.3, 0.4) is 0 Å². The number of hydrogen-bond acceptors (Lipinski definition) is 4. The monoisotopic (exact) mass is 231 g/mol. The molecule has 0 saturated carbocycles. The van der Waals surface area contributed by atoms with E-state index in [-0.39, 0.29) is 6.42 Å². The van der Waals surface area contributed by atoms with Crippen LogP contribution in [-0.4, -0.2) is 28.7 Å². The van der Waals surface area contributed by atoms with Crippen molar-refractivity contribution in [1.82, 2.24) is 0 Å². The molecule has 0 aromatic rings. The smallest absolute Gasteiger partial charge is 0.323 e. The normalized spacial score (nSPS) is 13.6. The van der Waals surface area contributed by atoms with E-state index in [1.54, 1.807) is 13.8 Å². The van der Waals surface area contributed by atoms with E-state index in [9.17, 15) is 9.59 Å². The fraction of sp³-hybridized carbons (Fsp3) is 0.818. The first-order valence-corrected chi connectivity index (χ1v) is 5.34. The molecule has 5 heteroatoms. The molecule has 0 aliphatic carbocycles. The number of carboxylic acid groups (broad SMARTS) is 1. The van der Waals surface area contributed by atoms with Crippen molar-refractivity contribution >= 4 is 11.9 Å². The lowest BCUT2D eigenvalue weighted by molar-refractivity contribution is -0.162. The number of carbonyl (C=O) groups is 2. The number of carbonyl (C=O) groups excluding carboxylic acids is 1. The fourth-order valence-corrected chi connectivity index (χ4v) is 1.35. The van der Waals surface area contributed by atoms with Gasteiger partial charge in [-0.2, -0.15) is 0 Å². The Kier molecular flexibility index (Phi) is 5.44. The largest absolute Gasteiger partial charge is 0.481 e. The SMILES string of the molecule is CC(C)C[C@H](N)C(=O)OC(C)(C)CC(=O)O. The summed E-state index contributed by atoms with van der Waals surface area (Å²) in [7, 11) is 0. The number of carboxylic acids is 1.